The molecular weight excluding hydrogens is 189 g/mol. The van der Waals surface area contributed by atoms with Gasteiger partial charge < -0.3 is 0 Å². The molecule has 1 aromatic rings. The molecule has 1 aliphatic carbocycles. The van der Waals surface area contributed by atoms with Crippen molar-refractivity contribution in [3.8, 4) is 0 Å². The highest BCUT2D eigenvalue weighted by molar-refractivity contribution is 7.17. The molecule has 1 aliphatic rings. The smallest absolute Gasteiger partial charge is 0.0435 e. The fourth-order valence-electron chi connectivity index (χ4n) is 1.59. The minimum Gasteiger partial charge on any atom is -0.261 e. The van der Waals surface area contributed by atoms with Crippen molar-refractivity contribution in [1.29, 1.82) is 0 Å². The van der Waals surface area contributed by atoms with Crippen LogP contribution in [0.4, 0.5) is 0 Å². The van der Waals surface area contributed by atoms with Crippen molar-refractivity contribution in [3.63, 3.8) is 0 Å². The largest absolute Gasteiger partial charge is 0.261 e. The Labute approximate surface area is 90.5 Å². The number of hydrogen-bond donors (Lipinski definition) is 0. The SMILES string of the molecule is C.CC.PC1CCc2ncccc2C1. The third-order valence-corrected chi connectivity index (χ3v) is 2.79. The molecule has 2 unspecified atom stereocenters. The lowest BCUT2D eigenvalue weighted by Gasteiger charge is -2.19. The molecule has 2 rings (SSSR count). The van der Waals surface area contributed by atoms with Crippen LogP contribution in [-0.2, 0) is 12.8 Å². The first-order valence-electron chi connectivity index (χ1n) is 5.04. The van der Waals surface area contributed by atoms with Crippen LogP contribution in [0.15, 0.2) is 18.3 Å². The molecule has 14 heavy (non-hydrogen) atoms. The van der Waals surface area contributed by atoms with Gasteiger partial charge in [0.2, 0.25) is 0 Å². The highest BCUT2D eigenvalue weighted by Crippen LogP contribution is 2.23. The van der Waals surface area contributed by atoms with Gasteiger partial charge in [-0.3, -0.25) is 4.98 Å². The number of rotatable bonds is 0. The number of fused-ring (bicyclic) bond motifs is 1. The third-order valence-electron chi connectivity index (χ3n) is 2.22. The summed E-state index contributed by atoms with van der Waals surface area (Å²) in [5.74, 6) is 0. The fraction of sp³-hybridized carbons (Fsp3) is 0.583. The predicted octanol–water partition coefficient (Wildman–Crippen LogP) is 3.48. The Morgan fingerprint density at radius 2 is 2.14 bits per heavy atom. The van der Waals surface area contributed by atoms with E-state index in [1.807, 2.05) is 26.1 Å². The molecule has 1 aromatic heterocycles. The van der Waals surface area contributed by atoms with E-state index in [0.29, 0.717) is 0 Å². The van der Waals surface area contributed by atoms with Crippen molar-refractivity contribution in [3.05, 3.63) is 29.6 Å². The Morgan fingerprint density at radius 3 is 2.86 bits per heavy atom. The predicted molar refractivity (Wildman–Crippen MR) is 67.8 cm³/mol. The minimum absolute atomic E-state index is 0. The summed E-state index contributed by atoms with van der Waals surface area (Å²) in [7, 11) is 2.90. The Hall–Kier alpha value is -0.420. The van der Waals surface area contributed by atoms with E-state index in [1.54, 1.807) is 0 Å². The summed E-state index contributed by atoms with van der Waals surface area (Å²) in [5, 5.41) is 0. The first-order chi connectivity index (χ1) is 6.36. The van der Waals surface area contributed by atoms with Crippen molar-refractivity contribution in [1.82, 2.24) is 4.98 Å². The Kier molecular flexibility index (Phi) is 6.74. The van der Waals surface area contributed by atoms with Crippen LogP contribution < -0.4 is 0 Å². The van der Waals surface area contributed by atoms with Crippen molar-refractivity contribution < 1.29 is 0 Å². The zero-order valence-corrected chi connectivity index (χ0v) is 9.61. The van der Waals surface area contributed by atoms with Gasteiger partial charge in [0.1, 0.15) is 0 Å². The lowest BCUT2D eigenvalue weighted by atomic mass is 9.96. The van der Waals surface area contributed by atoms with Gasteiger partial charge in [0.05, 0.1) is 0 Å². The highest BCUT2D eigenvalue weighted by Gasteiger charge is 2.14. The lowest BCUT2D eigenvalue weighted by Crippen LogP contribution is -2.14. The van der Waals surface area contributed by atoms with E-state index in [9.17, 15) is 0 Å². The first-order valence-corrected chi connectivity index (χ1v) is 5.71. The Morgan fingerprint density at radius 1 is 1.43 bits per heavy atom. The summed E-state index contributed by atoms with van der Waals surface area (Å²) >= 11 is 0. The number of pyridine rings is 1. The van der Waals surface area contributed by atoms with Gasteiger partial charge >= 0.3 is 0 Å². The first kappa shape index (κ1) is 13.6. The maximum atomic E-state index is 4.34. The van der Waals surface area contributed by atoms with Gasteiger partial charge in [-0.1, -0.05) is 27.3 Å². The molecule has 0 N–H and O–H groups in total. The third kappa shape index (κ3) is 3.38. The van der Waals surface area contributed by atoms with E-state index >= 15 is 0 Å². The van der Waals surface area contributed by atoms with Crippen LogP contribution in [0.5, 0.6) is 0 Å². The summed E-state index contributed by atoms with van der Waals surface area (Å²) in [5.41, 5.74) is 3.52. The molecule has 0 aromatic carbocycles. The van der Waals surface area contributed by atoms with Crippen molar-refractivity contribution >= 4 is 9.24 Å². The van der Waals surface area contributed by atoms with Crippen LogP contribution in [-0.4, -0.2) is 10.6 Å². The average molecular weight is 211 g/mol. The van der Waals surface area contributed by atoms with E-state index in [1.165, 1.54) is 24.1 Å². The molecule has 0 aliphatic heterocycles. The van der Waals surface area contributed by atoms with Crippen LogP contribution in [0.3, 0.4) is 0 Å². The standard InChI is InChI=1S/C9H12NP.C2H6.CH4/c11-8-3-4-9-7(6-8)2-1-5-10-9;1-2;/h1-2,5,8H,3-4,6,11H2;1-2H3;1H4. The van der Waals surface area contributed by atoms with Crippen LogP contribution in [0.2, 0.25) is 0 Å². The molecule has 2 atom stereocenters. The lowest BCUT2D eigenvalue weighted by molar-refractivity contribution is 0.683. The highest BCUT2D eigenvalue weighted by atomic mass is 31.0. The molecule has 0 saturated carbocycles. The quantitative estimate of drug-likeness (QED) is 0.599. The average Bonchev–Trinajstić information content (AvgIpc) is 2.21. The van der Waals surface area contributed by atoms with Gasteiger partial charge in [0.25, 0.3) is 0 Å². The maximum Gasteiger partial charge on any atom is 0.0435 e. The van der Waals surface area contributed by atoms with Gasteiger partial charge in [0, 0.05) is 11.9 Å². The number of aromatic nitrogens is 1. The zero-order valence-electron chi connectivity index (χ0n) is 8.46. The van der Waals surface area contributed by atoms with E-state index in [4.69, 9.17) is 0 Å². The number of nitrogens with zero attached hydrogens (tertiary/aromatic N) is 1. The molecule has 1 nitrogen and oxygen atoms in total. The molecule has 0 bridgehead atoms. The van der Waals surface area contributed by atoms with Crippen LogP contribution in [0.25, 0.3) is 0 Å². The summed E-state index contributed by atoms with van der Waals surface area (Å²) in [6.45, 7) is 4.00. The van der Waals surface area contributed by atoms with E-state index < -0.39 is 0 Å². The fourth-order valence-corrected chi connectivity index (χ4v) is 2.01. The number of hydrogen-bond acceptors (Lipinski definition) is 1. The zero-order chi connectivity index (χ0) is 9.68. The molecule has 0 amide bonds. The summed E-state index contributed by atoms with van der Waals surface area (Å²) in [6, 6.07) is 4.22. The van der Waals surface area contributed by atoms with Gasteiger partial charge in [-0.15, -0.1) is 9.24 Å². The summed E-state index contributed by atoms with van der Waals surface area (Å²) < 4.78 is 0. The van der Waals surface area contributed by atoms with E-state index in [2.05, 4.69) is 20.3 Å². The normalized spacial score (nSPS) is 18.4. The maximum absolute atomic E-state index is 4.34. The summed E-state index contributed by atoms with van der Waals surface area (Å²) in [4.78, 5) is 4.34. The van der Waals surface area contributed by atoms with Crippen LogP contribution in [0.1, 0.15) is 39.0 Å². The van der Waals surface area contributed by atoms with E-state index in [-0.39, 0.29) is 7.43 Å². The molecule has 0 fully saturated rings. The Balaban J connectivity index is 0.000000531. The second kappa shape index (κ2) is 6.95. The van der Waals surface area contributed by atoms with Crippen molar-refractivity contribution in [2.24, 2.45) is 0 Å². The molecule has 1 heterocycles. The van der Waals surface area contributed by atoms with Gasteiger partial charge in [-0.25, -0.2) is 0 Å². The van der Waals surface area contributed by atoms with E-state index in [0.717, 1.165) is 12.1 Å². The minimum atomic E-state index is 0. The second-order valence-electron chi connectivity index (χ2n) is 3.11. The topological polar surface area (TPSA) is 12.9 Å². The Bertz CT molecular complexity index is 260. The van der Waals surface area contributed by atoms with Gasteiger partial charge in [0.15, 0.2) is 0 Å². The summed E-state index contributed by atoms with van der Waals surface area (Å²) in [6.07, 6.45) is 5.51. The number of aryl methyl sites for hydroxylation is 1. The van der Waals surface area contributed by atoms with Crippen LogP contribution in [0, 0.1) is 0 Å². The van der Waals surface area contributed by atoms with Crippen molar-refractivity contribution in [2.45, 2.75) is 46.2 Å². The molecule has 0 spiro atoms. The van der Waals surface area contributed by atoms with Gasteiger partial charge in [-0.05, 0) is 36.6 Å². The molecule has 0 saturated heterocycles. The molecule has 2 heteroatoms. The molecule has 0 radical (unpaired) electrons. The van der Waals surface area contributed by atoms with Gasteiger partial charge in [-0.2, -0.15) is 0 Å². The second-order valence-corrected chi connectivity index (χ2v) is 4.05. The van der Waals surface area contributed by atoms with Crippen molar-refractivity contribution in [2.75, 3.05) is 0 Å². The molecule has 80 valence electrons. The van der Waals surface area contributed by atoms with Crippen LogP contribution >= 0.6 is 9.24 Å². The monoisotopic (exact) mass is 211 g/mol. The molecular formula is C12H22NP.